The Labute approximate surface area is 164 Å². The minimum absolute atomic E-state index is 0.124. The maximum Gasteiger partial charge on any atom is 0.403 e. The van der Waals surface area contributed by atoms with Gasteiger partial charge in [-0.1, -0.05) is 6.07 Å². The molecule has 2 N–H and O–H groups in total. The molecule has 0 aromatic heterocycles. The summed E-state index contributed by atoms with van der Waals surface area (Å²) in [4.78, 5) is 17.9. The molecule has 2 radical (unpaired) electrons. The van der Waals surface area contributed by atoms with E-state index in [1.165, 1.54) is 4.31 Å². The number of fused-ring (bicyclic) bond motifs is 3. The minimum atomic E-state index is -1.38. The van der Waals surface area contributed by atoms with Crippen LogP contribution < -0.4 is 5.73 Å². The molecule has 0 spiro atoms. The molecule has 144 valence electrons. The second-order valence-corrected chi connectivity index (χ2v) is 9.59. The smallest absolute Gasteiger partial charge is 0.403 e. The maximum atomic E-state index is 13.1. The lowest BCUT2D eigenvalue weighted by Crippen LogP contribution is -2.54. The van der Waals surface area contributed by atoms with Gasteiger partial charge in [-0.25, -0.2) is 9.79 Å². The molecule has 1 heterocycles. The van der Waals surface area contributed by atoms with E-state index in [0.29, 0.717) is 5.69 Å². The van der Waals surface area contributed by atoms with Gasteiger partial charge in [-0.15, -0.1) is 0 Å². The number of nitrogen functional groups attached to an aromatic ring is 1. The van der Waals surface area contributed by atoms with Crippen LogP contribution in [-0.2, 0) is 22.5 Å². The number of aryl methyl sites for hydroxylation is 1. The average molecular weight is 388 g/mol. The van der Waals surface area contributed by atoms with Crippen LogP contribution in [0.25, 0.3) is 0 Å². The van der Waals surface area contributed by atoms with E-state index in [1.54, 1.807) is 27.8 Å². The summed E-state index contributed by atoms with van der Waals surface area (Å²) < 4.78 is 19.9. The summed E-state index contributed by atoms with van der Waals surface area (Å²) in [6, 6.07) is 5.38. The molecule has 0 bridgehead atoms. The highest BCUT2D eigenvalue weighted by atomic mass is 32.2. The van der Waals surface area contributed by atoms with Crippen LogP contribution in [0, 0.1) is 0 Å². The molecule has 9 heteroatoms. The maximum absolute atomic E-state index is 13.1. The first kappa shape index (κ1) is 19.9. The molecule has 0 saturated carbocycles. The molecular formula is C18H25BN4O3S. The number of carbonyl (C=O) groups excluding carboxylic acids is 1. The lowest BCUT2D eigenvalue weighted by atomic mass is 9.98. The van der Waals surface area contributed by atoms with Crippen molar-refractivity contribution < 1.29 is 14.1 Å². The van der Waals surface area contributed by atoms with Gasteiger partial charge in [-0.2, -0.15) is 4.31 Å². The van der Waals surface area contributed by atoms with Gasteiger partial charge in [0.25, 0.3) is 0 Å². The number of aliphatic imine (C=N–C) groups is 1. The Morgan fingerprint density at radius 1 is 1.48 bits per heavy atom. The molecule has 3 unspecified atom stereocenters. The zero-order chi connectivity index (χ0) is 19.9. The molecule has 1 amide bonds. The fourth-order valence-electron chi connectivity index (χ4n) is 3.43. The normalized spacial score (nSPS) is 25.0. The predicted octanol–water partition coefficient (Wildman–Crippen LogP) is 2.30. The second-order valence-electron chi connectivity index (χ2n) is 7.89. The Kier molecular flexibility index (Phi) is 5.36. The second kappa shape index (κ2) is 7.28. The van der Waals surface area contributed by atoms with E-state index in [2.05, 4.69) is 0 Å². The number of guanidine groups is 1. The number of ether oxygens (including phenoxy) is 1. The molecule has 7 nitrogen and oxygen atoms in total. The molecule has 3 rings (SSSR count). The summed E-state index contributed by atoms with van der Waals surface area (Å²) in [5.74, 6) is 0.124. The number of nitrogens with two attached hydrogens (primary N) is 1. The quantitative estimate of drug-likeness (QED) is 0.418. The first-order chi connectivity index (χ1) is 12.6. The third-order valence-electron chi connectivity index (χ3n) is 4.65. The van der Waals surface area contributed by atoms with Crippen molar-refractivity contribution in [3.05, 3.63) is 29.3 Å². The lowest BCUT2D eigenvalue weighted by Gasteiger charge is -2.39. The van der Waals surface area contributed by atoms with Gasteiger partial charge in [-0.05, 0) is 56.9 Å². The summed E-state index contributed by atoms with van der Waals surface area (Å²) in [7, 11) is 7.62. The van der Waals surface area contributed by atoms with Crippen molar-refractivity contribution in [2.45, 2.75) is 56.9 Å². The van der Waals surface area contributed by atoms with Crippen LogP contribution in [-0.4, -0.2) is 51.6 Å². The van der Waals surface area contributed by atoms with Crippen LogP contribution in [0.2, 0.25) is 0 Å². The Hall–Kier alpha value is -1.87. The van der Waals surface area contributed by atoms with Gasteiger partial charge in [0.1, 0.15) is 11.6 Å². The van der Waals surface area contributed by atoms with Crippen molar-refractivity contribution in [3.63, 3.8) is 0 Å². The van der Waals surface area contributed by atoms with E-state index < -0.39 is 23.1 Å². The molecule has 0 saturated heterocycles. The van der Waals surface area contributed by atoms with Gasteiger partial charge >= 0.3 is 6.09 Å². The zero-order valence-corrected chi connectivity index (χ0v) is 17.0. The van der Waals surface area contributed by atoms with Crippen LogP contribution in [0.1, 0.15) is 50.8 Å². The highest BCUT2D eigenvalue weighted by molar-refractivity contribution is 7.90. The number of carbonyl (C=O) groups is 1. The van der Waals surface area contributed by atoms with Crippen molar-refractivity contribution in [1.29, 1.82) is 0 Å². The molecule has 1 aliphatic carbocycles. The van der Waals surface area contributed by atoms with Gasteiger partial charge in [0, 0.05) is 12.1 Å². The van der Waals surface area contributed by atoms with E-state index in [9.17, 15) is 9.35 Å². The van der Waals surface area contributed by atoms with Crippen LogP contribution in [0.3, 0.4) is 0 Å². The first-order valence-electron chi connectivity index (χ1n) is 8.97. The van der Waals surface area contributed by atoms with E-state index in [4.69, 9.17) is 23.4 Å². The number of hydrogen-bond donors (Lipinski definition) is 1. The summed E-state index contributed by atoms with van der Waals surface area (Å²) >= 11 is -1.38. The van der Waals surface area contributed by atoms with Crippen LogP contribution in [0.5, 0.6) is 0 Å². The molecular weight excluding hydrogens is 363 g/mol. The summed E-state index contributed by atoms with van der Waals surface area (Å²) in [5, 5.41) is -0.186. The topological polar surface area (TPSA) is 94.2 Å². The van der Waals surface area contributed by atoms with E-state index >= 15 is 0 Å². The van der Waals surface area contributed by atoms with Crippen LogP contribution in [0.4, 0.5) is 10.5 Å². The number of amides is 1. The van der Waals surface area contributed by atoms with Crippen molar-refractivity contribution in [3.8, 4) is 0 Å². The molecule has 27 heavy (non-hydrogen) atoms. The summed E-state index contributed by atoms with van der Waals surface area (Å²) in [6.07, 6.45) is 1.82. The average Bonchev–Trinajstić information content (AvgIpc) is 2.75. The number of nitrogens with zero attached hydrogens (tertiary/aromatic N) is 3. The van der Waals surface area contributed by atoms with Gasteiger partial charge in [0.15, 0.2) is 5.25 Å². The van der Waals surface area contributed by atoms with Crippen molar-refractivity contribution in [1.82, 2.24) is 9.12 Å². The lowest BCUT2D eigenvalue weighted by molar-refractivity contribution is 0.0456. The van der Waals surface area contributed by atoms with Crippen molar-refractivity contribution in [2.75, 3.05) is 12.8 Å². The van der Waals surface area contributed by atoms with Gasteiger partial charge in [0.05, 0.1) is 18.4 Å². The first-order valence-corrected chi connectivity index (χ1v) is 10.1. The number of rotatable bonds is 0. The molecule has 2 aliphatic rings. The number of benzene rings is 1. The Bertz CT molecular complexity index is 767. The number of anilines is 1. The third-order valence-corrected chi connectivity index (χ3v) is 6.36. The van der Waals surface area contributed by atoms with E-state index in [0.717, 1.165) is 35.2 Å². The monoisotopic (exact) mass is 388 g/mol. The summed E-state index contributed by atoms with van der Waals surface area (Å²) in [6.45, 7) is 5.26. The standard InChI is InChI=1S/C18H25BN4O3S/c1-18(2,3)26-17(24)23(19)16-21-15-13-10-12(20)9-8-11(13)6-5-7-14(15)27(25)22(16)4/h8-10,14-15H,5-7,20H2,1-4H3. The Morgan fingerprint density at radius 3 is 2.85 bits per heavy atom. The molecule has 1 aromatic rings. The van der Waals surface area contributed by atoms with Gasteiger partial charge in [-0.3, -0.25) is 0 Å². The predicted molar refractivity (Wildman–Crippen MR) is 107 cm³/mol. The zero-order valence-electron chi connectivity index (χ0n) is 16.1. The highest BCUT2D eigenvalue weighted by Gasteiger charge is 2.45. The van der Waals surface area contributed by atoms with Gasteiger partial charge in [0.2, 0.25) is 13.9 Å². The Morgan fingerprint density at radius 2 is 2.19 bits per heavy atom. The fraction of sp³-hybridized carbons (Fsp3) is 0.556. The van der Waals surface area contributed by atoms with Crippen molar-refractivity contribution >= 4 is 37.1 Å². The molecule has 1 aromatic carbocycles. The SMILES string of the molecule is [B]N(C(=O)OC(C)(C)C)C1=NC2c3cc(N)ccc3CCCC2[S+]([O-])N1C. The largest absolute Gasteiger partial charge is 0.593 e. The summed E-state index contributed by atoms with van der Waals surface area (Å²) in [5.41, 5.74) is 8.01. The molecule has 0 fully saturated rings. The van der Waals surface area contributed by atoms with Gasteiger partial charge < -0.3 is 19.8 Å². The highest BCUT2D eigenvalue weighted by Crippen LogP contribution is 2.40. The third kappa shape index (κ3) is 4.04. The van der Waals surface area contributed by atoms with Crippen molar-refractivity contribution in [2.24, 2.45) is 4.99 Å². The Balaban J connectivity index is 2.01. The molecule has 3 atom stereocenters. The number of hydrogen-bond acceptors (Lipinski definition) is 6. The van der Waals surface area contributed by atoms with Crippen LogP contribution >= 0.6 is 0 Å². The fourth-order valence-corrected chi connectivity index (χ4v) is 4.93. The molecule has 1 aliphatic heterocycles. The minimum Gasteiger partial charge on any atom is -0.593 e. The van der Waals surface area contributed by atoms with E-state index in [1.807, 2.05) is 18.2 Å². The van der Waals surface area contributed by atoms with Crippen LogP contribution in [0.15, 0.2) is 23.2 Å². The van der Waals surface area contributed by atoms with E-state index in [-0.39, 0.29) is 17.3 Å².